The number of benzene rings is 1. The molecule has 4 heteroatoms. The summed E-state index contributed by atoms with van der Waals surface area (Å²) in [6, 6.07) is 11.7. The molecule has 2 rings (SSSR count). The van der Waals surface area contributed by atoms with Crippen LogP contribution in [0.5, 0.6) is 0 Å². The molecule has 1 unspecified atom stereocenters. The summed E-state index contributed by atoms with van der Waals surface area (Å²) in [6.45, 7) is 4.74. The van der Waals surface area contributed by atoms with Crippen molar-refractivity contribution in [2.45, 2.75) is 26.0 Å². The minimum absolute atomic E-state index is 0.432. The first-order chi connectivity index (χ1) is 8.99. The minimum Gasteiger partial charge on any atom is -0.463 e. The molecule has 0 bridgehead atoms. The predicted molar refractivity (Wildman–Crippen MR) is 78.9 cm³/mol. The Hall–Kier alpha value is -1.10. The quantitative estimate of drug-likeness (QED) is 0.887. The third kappa shape index (κ3) is 3.69. The van der Waals surface area contributed by atoms with Crippen LogP contribution in [0.1, 0.15) is 24.0 Å². The van der Waals surface area contributed by atoms with Crippen LogP contribution in [0.2, 0.25) is 0 Å². The Labute approximate surface area is 121 Å². The fourth-order valence-corrected chi connectivity index (χ4v) is 2.32. The summed E-state index contributed by atoms with van der Waals surface area (Å²) in [5, 5.41) is 13.6. The highest BCUT2D eigenvalue weighted by Gasteiger charge is 2.26. The monoisotopic (exact) mass is 323 g/mol. The van der Waals surface area contributed by atoms with E-state index in [1.54, 1.807) is 6.92 Å². The fraction of sp³-hybridized carbons (Fsp3) is 0.333. The van der Waals surface area contributed by atoms with Gasteiger partial charge in [0.25, 0.3) is 0 Å². The number of hydrogen-bond donors (Lipinski definition) is 2. The minimum atomic E-state index is -1.00. The molecule has 0 saturated carbocycles. The Kier molecular flexibility index (Phi) is 4.45. The molecular formula is C15H18BrNO2. The van der Waals surface area contributed by atoms with Crippen LogP contribution < -0.4 is 5.32 Å². The summed E-state index contributed by atoms with van der Waals surface area (Å²) in [5.41, 5.74) is 0.157. The molecule has 0 aliphatic carbocycles. The molecule has 2 aromatic rings. The highest BCUT2D eigenvalue weighted by molar-refractivity contribution is 9.10. The predicted octanol–water partition coefficient (Wildman–Crippen LogP) is 3.35. The fourth-order valence-electron chi connectivity index (χ4n) is 1.89. The molecule has 19 heavy (non-hydrogen) atoms. The number of aliphatic hydroxyl groups is 1. The summed E-state index contributed by atoms with van der Waals surface area (Å²) in [7, 11) is 0. The van der Waals surface area contributed by atoms with Gasteiger partial charge in [0.05, 0.1) is 0 Å². The van der Waals surface area contributed by atoms with Gasteiger partial charge < -0.3 is 14.8 Å². The first kappa shape index (κ1) is 14.3. The highest BCUT2D eigenvalue weighted by Crippen LogP contribution is 2.22. The van der Waals surface area contributed by atoms with Crippen LogP contribution in [-0.4, -0.2) is 11.7 Å². The molecule has 1 heterocycles. The molecule has 0 saturated heterocycles. The number of aryl methyl sites for hydroxylation is 1. The van der Waals surface area contributed by atoms with E-state index in [-0.39, 0.29) is 0 Å². The van der Waals surface area contributed by atoms with E-state index in [1.807, 2.05) is 43.3 Å². The van der Waals surface area contributed by atoms with E-state index in [0.29, 0.717) is 18.8 Å². The summed E-state index contributed by atoms with van der Waals surface area (Å²) in [5.74, 6) is 1.39. The van der Waals surface area contributed by atoms with Gasteiger partial charge in [-0.3, -0.25) is 0 Å². The molecule has 0 aliphatic rings. The van der Waals surface area contributed by atoms with Crippen LogP contribution >= 0.6 is 15.9 Å². The molecule has 0 amide bonds. The zero-order chi connectivity index (χ0) is 13.9. The second-order valence-electron chi connectivity index (χ2n) is 4.88. The lowest BCUT2D eigenvalue weighted by Crippen LogP contribution is -2.34. The number of hydrogen-bond acceptors (Lipinski definition) is 3. The van der Waals surface area contributed by atoms with Gasteiger partial charge in [-0.25, -0.2) is 0 Å². The van der Waals surface area contributed by atoms with Crippen molar-refractivity contribution in [1.82, 2.24) is 5.32 Å². The molecule has 1 aromatic carbocycles. The van der Waals surface area contributed by atoms with E-state index < -0.39 is 5.60 Å². The van der Waals surface area contributed by atoms with E-state index >= 15 is 0 Å². The zero-order valence-electron chi connectivity index (χ0n) is 11.1. The lowest BCUT2D eigenvalue weighted by atomic mass is 10.0. The van der Waals surface area contributed by atoms with Crippen molar-refractivity contribution >= 4 is 15.9 Å². The Morgan fingerprint density at radius 2 is 2.00 bits per heavy atom. The van der Waals surface area contributed by atoms with Crippen molar-refractivity contribution in [3.05, 3.63) is 58.0 Å². The maximum absolute atomic E-state index is 10.4. The van der Waals surface area contributed by atoms with E-state index in [9.17, 15) is 5.11 Å². The number of furan rings is 1. The van der Waals surface area contributed by atoms with Crippen molar-refractivity contribution in [2.75, 3.05) is 6.54 Å². The SMILES string of the molecule is Cc1ccc(C(C)(O)CNCc2ccccc2Br)o1. The topological polar surface area (TPSA) is 45.4 Å². The van der Waals surface area contributed by atoms with Crippen LogP contribution in [-0.2, 0) is 12.1 Å². The first-order valence-corrected chi connectivity index (χ1v) is 7.02. The molecule has 0 fully saturated rings. The van der Waals surface area contributed by atoms with Gasteiger partial charge in [0.1, 0.15) is 17.1 Å². The number of nitrogens with one attached hydrogen (secondary N) is 1. The van der Waals surface area contributed by atoms with Gasteiger partial charge >= 0.3 is 0 Å². The zero-order valence-corrected chi connectivity index (χ0v) is 12.7. The van der Waals surface area contributed by atoms with E-state index in [1.165, 1.54) is 0 Å². The Bertz CT molecular complexity index is 549. The highest BCUT2D eigenvalue weighted by atomic mass is 79.9. The van der Waals surface area contributed by atoms with Gasteiger partial charge in [0.15, 0.2) is 0 Å². The molecule has 1 aromatic heterocycles. The van der Waals surface area contributed by atoms with Crippen LogP contribution in [0.3, 0.4) is 0 Å². The van der Waals surface area contributed by atoms with Crippen molar-refractivity contribution in [2.24, 2.45) is 0 Å². The Balaban J connectivity index is 1.94. The maximum Gasteiger partial charge on any atom is 0.136 e. The standard InChI is InChI=1S/C15H18BrNO2/c1-11-7-8-14(19-11)15(2,18)10-17-9-12-5-3-4-6-13(12)16/h3-8,17-18H,9-10H2,1-2H3. The van der Waals surface area contributed by atoms with Crippen molar-refractivity contribution in [3.8, 4) is 0 Å². The van der Waals surface area contributed by atoms with Crippen LogP contribution in [0.4, 0.5) is 0 Å². The largest absolute Gasteiger partial charge is 0.463 e. The molecule has 3 nitrogen and oxygen atoms in total. The van der Waals surface area contributed by atoms with Crippen LogP contribution in [0, 0.1) is 6.92 Å². The van der Waals surface area contributed by atoms with Crippen molar-refractivity contribution < 1.29 is 9.52 Å². The average Bonchev–Trinajstić information content (AvgIpc) is 2.79. The van der Waals surface area contributed by atoms with Gasteiger partial charge in [-0.15, -0.1) is 0 Å². The molecule has 0 radical (unpaired) electrons. The van der Waals surface area contributed by atoms with Gasteiger partial charge in [0.2, 0.25) is 0 Å². The third-order valence-corrected chi connectivity index (χ3v) is 3.79. The normalized spacial score (nSPS) is 14.3. The first-order valence-electron chi connectivity index (χ1n) is 6.22. The maximum atomic E-state index is 10.4. The van der Waals surface area contributed by atoms with E-state index in [4.69, 9.17) is 4.42 Å². The third-order valence-electron chi connectivity index (χ3n) is 3.01. The van der Waals surface area contributed by atoms with Gasteiger partial charge in [-0.1, -0.05) is 34.1 Å². The molecule has 1 atom stereocenters. The molecule has 2 N–H and O–H groups in total. The van der Waals surface area contributed by atoms with Crippen molar-refractivity contribution in [1.29, 1.82) is 0 Å². The molecule has 0 spiro atoms. The average molecular weight is 324 g/mol. The number of rotatable bonds is 5. The summed E-state index contributed by atoms with van der Waals surface area (Å²) in [4.78, 5) is 0. The lowest BCUT2D eigenvalue weighted by Gasteiger charge is -2.21. The molecule has 102 valence electrons. The Morgan fingerprint density at radius 3 is 2.63 bits per heavy atom. The van der Waals surface area contributed by atoms with Gasteiger partial charge in [-0.05, 0) is 37.6 Å². The lowest BCUT2D eigenvalue weighted by molar-refractivity contribution is 0.0332. The van der Waals surface area contributed by atoms with E-state index in [2.05, 4.69) is 21.2 Å². The van der Waals surface area contributed by atoms with E-state index in [0.717, 1.165) is 15.8 Å². The molecular weight excluding hydrogens is 306 g/mol. The summed E-state index contributed by atoms with van der Waals surface area (Å²) in [6.07, 6.45) is 0. The second-order valence-corrected chi connectivity index (χ2v) is 5.73. The summed E-state index contributed by atoms with van der Waals surface area (Å²) >= 11 is 3.50. The van der Waals surface area contributed by atoms with Crippen molar-refractivity contribution in [3.63, 3.8) is 0 Å². The van der Waals surface area contributed by atoms with Crippen LogP contribution in [0.15, 0.2) is 45.3 Å². The van der Waals surface area contributed by atoms with Crippen LogP contribution in [0.25, 0.3) is 0 Å². The Morgan fingerprint density at radius 1 is 1.26 bits per heavy atom. The smallest absolute Gasteiger partial charge is 0.136 e. The van der Waals surface area contributed by atoms with Gasteiger partial charge in [-0.2, -0.15) is 0 Å². The summed E-state index contributed by atoms with van der Waals surface area (Å²) < 4.78 is 6.54. The second kappa shape index (κ2) is 5.90. The van der Waals surface area contributed by atoms with Gasteiger partial charge in [0, 0.05) is 17.6 Å². The molecule has 0 aliphatic heterocycles. The number of halogens is 1.